The van der Waals surface area contributed by atoms with Crippen molar-refractivity contribution in [3.8, 4) is 0 Å². The van der Waals surface area contributed by atoms with E-state index < -0.39 is 6.00 Å². The van der Waals surface area contributed by atoms with Crippen LogP contribution in [-0.2, 0) is 0 Å². The van der Waals surface area contributed by atoms with Crippen LogP contribution in [0, 0.1) is 6.92 Å². The number of halogens is 3. The predicted octanol–water partition coefficient (Wildman–Crippen LogP) is 4.29. The molecule has 0 saturated carbocycles. The molecule has 0 unspecified atom stereocenters. The molecule has 0 fully saturated rings. The molecule has 1 aromatic rings. The van der Waals surface area contributed by atoms with Crippen molar-refractivity contribution in [3.63, 3.8) is 0 Å². The van der Waals surface area contributed by atoms with Crippen LogP contribution in [0.5, 0.6) is 0 Å². The lowest BCUT2D eigenvalue weighted by Crippen LogP contribution is -2.20. The number of hydrogen-bond acceptors (Lipinski definition) is 0. The quantitative estimate of drug-likeness (QED) is 0.545. The Hall–Kier alpha value is 0.307. The molecule has 0 aliphatic heterocycles. The van der Waals surface area contributed by atoms with Crippen LogP contribution in [0.3, 0.4) is 0 Å². The highest BCUT2D eigenvalue weighted by atomic mass is 35.8. The van der Waals surface area contributed by atoms with Gasteiger partial charge in [-0.25, -0.2) is 0 Å². The number of aryl methyl sites for hydroxylation is 1. The van der Waals surface area contributed by atoms with Crippen LogP contribution in [0.4, 0.5) is 0 Å². The fraction of sp³-hybridized carbons (Fsp3) is 0.333. The number of rotatable bonds is 2. The van der Waals surface area contributed by atoms with Crippen molar-refractivity contribution in [2.24, 2.45) is 0 Å². The summed E-state index contributed by atoms with van der Waals surface area (Å²) in [7, 11) is 0. The monoisotopic (exact) mass is 252 g/mol. The Bertz CT molecular complexity index is 293. The molecule has 1 aromatic carbocycles. The SMILES string of the molecule is Cc1cccc([C@H](C)[Si](Cl)(Cl)Cl)c1. The fourth-order valence-electron chi connectivity index (χ4n) is 1.13. The van der Waals surface area contributed by atoms with Crippen LogP contribution < -0.4 is 0 Å². The van der Waals surface area contributed by atoms with Crippen molar-refractivity contribution in [3.05, 3.63) is 35.4 Å². The summed E-state index contributed by atoms with van der Waals surface area (Å²) >= 11 is 17.8. The van der Waals surface area contributed by atoms with E-state index >= 15 is 0 Å². The zero-order valence-corrected chi connectivity index (χ0v) is 10.8. The zero-order valence-electron chi connectivity index (χ0n) is 7.52. The lowest BCUT2D eigenvalue weighted by atomic mass is 10.1. The lowest BCUT2D eigenvalue weighted by Gasteiger charge is -2.17. The van der Waals surface area contributed by atoms with E-state index in [-0.39, 0.29) is 5.54 Å². The summed E-state index contributed by atoms with van der Waals surface area (Å²) in [6, 6.07) is 5.50. The van der Waals surface area contributed by atoms with Crippen molar-refractivity contribution in [2.45, 2.75) is 19.4 Å². The van der Waals surface area contributed by atoms with Gasteiger partial charge in [-0.05, 0) is 12.5 Å². The Morgan fingerprint density at radius 1 is 1.23 bits per heavy atom. The minimum atomic E-state index is -2.61. The van der Waals surface area contributed by atoms with Gasteiger partial charge in [0.05, 0.1) is 0 Å². The second-order valence-electron chi connectivity index (χ2n) is 3.18. The van der Waals surface area contributed by atoms with E-state index in [2.05, 4.69) is 6.07 Å². The highest BCUT2D eigenvalue weighted by Gasteiger charge is 2.34. The van der Waals surface area contributed by atoms with E-state index in [1.165, 1.54) is 5.56 Å². The average Bonchev–Trinajstić information content (AvgIpc) is 2.01. The lowest BCUT2D eigenvalue weighted by molar-refractivity contribution is 1.06. The summed E-state index contributed by atoms with van der Waals surface area (Å²) in [5.41, 5.74) is 2.37. The van der Waals surface area contributed by atoms with Gasteiger partial charge in [-0.1, -0.05) is 36.8 Å². The van der Waals surface area contributed by atoms with Gasteiger partial charge in [0.15, 0.2) is 0 Å². The Balaban J connectivity index is 2.96. The molecule has 0 spiro atoms. The van der Waals surface area contributed by atoms with Gasteiger partial charge in [0.25, 0.3) is 0 Å². The molecular formula is C9H11Cl3Si. The van der Waals surface area contributed by atoms with Gasteiger partial charge in [-0.15, -0.1) is 33.2 Å². The van der Waals surface area contributed by atoms with E-state index in [4.69, 9.17) is 33.2 Å². The molecule has 0 radical (unpaired) electrons. The Kier molecular flexibility index (Phi) is 3.70. The topological polar surface area (TPSA) is 0 Å². The molecular weight excluding hydrogens is 243 g/mol. The molecule has 1 rings (SSSR count). The van der Waals surface area contributed by atoms with Crippen molar-refractivity contribution >= 4 is 39.2 Å². The van der Waals surface area contributed by atoms with Crippen molar-refractivity contribution in [1.82, 2.24) is 0 Å². The molecule has 0 amide bonds. The van der Waals surface area contributed by atoms with Gasteiger partial charge in [0, 0.05) is 5.54 Å². The first kappa shape index (κ1) is 11.4. The zero-order chi connectivity index (χ0) is 10.1. The molecule has 0 aromatic heterocycles. The second-order valence-corrected chi connectivity index (χ2v) is 12.2. The van der Waals surface area contributed by atoms with Gasteiger partial charge in [-0.3, -0.25) is 0 Å². The van der Waals surface area contributed by atoms with Crippen molar-refractivity contribution in [2.75, 3.05) is 0 Å². The fourth-order valence-corrected chi connectivity index (χ4v) is 2.82. The van der Waals surface area contributed by atoms with E-state index in [0.717, 1.165) is 5.56 Å². The highest BCUT2D eigenvalue weighted by Crippen LogP contribution is 2.36. The minimum Gasteiger partial charge on any atom is -0.125 e. The third-order valence-corrected chi connectivity index (χ3v) is 6.29. The average molecular weight is 254 g/mol. The predicted molar refractivity (Wildman–Crippen MR) is 62.9 cm³/mol. The maximum Gasteiger partial charge on any atom is 0.348 e. The van der Waals surface area contributed by atoms with Crippen LogP contribution in [0.15, 0.2) is 24.3 Å². The van der Waals surface area contributed by atoms with E-state index in [1.54, 1.807) is 0 Å². The van der Waals surface area contributed by atoms with Gasteiger partial charge in [0.1, 0.15) is 0 Å². The maximum absolute atomic E-state index is 5.94. The summed E-state index contributed by atoms with van der Waals surface area (Å²) in [4.78, 5) is 0. The van der Waals surface area contributed by atoms with Gasteiger partial charge in [-0.2, -0.15) is 0 Å². The molecule has 0 aliphatic carbocycles. The molecule has 72 valence electrons. The largest absolute Gasteiger partial charge is 0.348 e. The first-order valence-electron chi connectivity index (χ1n) is 4.04. The standard InChI is InChI=1S/C9H11Cl3Si/c1-7-4-3-5-9(6-7)8(2)13(10,11)12/h3-6,8H,1-2H3/t8-/m0/s1. The minimum absolute atomic E-state index is 0.0531. The van der Waals surface area contributed by atoms with E-state index in [1.807, 2.05) is 32.0 Å². The normalized spacial score (nSPS) is 14.2. The van der Waals surface area contributed by atoms with Crippen molar-refractivity contribution in [1.29, 1.82) is 0 Å². The first-order valence-corrected chi connectivity index (χ1v) is 9.16. The van der Waals surface area contributed by atoms with Crippen LogP contribution in [0.2, 0.25) is 0 Å². The summed E-state index contributed by atoms with van der Waals surface area (Å²) < 4.78 is 0. The Morgan fingerprint density at radius 2 is 1.85 bits per heavy atom. The third-order valence-electron chi connectivity index (χ3n) is 2.03. The first-order chi connectivity index (χ1) is 5.91. The number of hydrogen-bond donors (Lipinski definition) is 0. The molecule has 4 heteroatoms. The molecule has 0 saturated heterocycles. The van der Waals surface area contributed by atoms with Gasteiger partial charge in [0.2, 0.25) is 0 Å². The summed E-state index contributed by atoms with van der Waals surface area (Å²) in [5.74, 6) is 0. The highest BCUT2D eigenvalue weighted by molar-refractivity contribution is 7.65. The summed E-state index contributed by atoms with van der Waals surface area (Å²) in [6.45, 7) is 4.00. The van der Waals surface area contributed by atoms with Crippen LogP contribution >= 0.6 is 33.2 Å². The molecule has 1 atom stereocenters. The van der Waals surface area contributed by atoms with Crippen LogP contribution in [0.1, 0.15) is 23.6 Å². The van der Waals surface area contributed by atoms with Gasteiger partial charge >= 0.3 is 6.00 Å². The number of benzene rings is 1. The van der Waals surface area contributed by atoms with Crippen LogP contribution in [0.25, 0.3) is 0 Å². The second kappa shape index (κ2) is 4.22. The molecule has 0 heterocycles. The van der Waals surface area contributed by atoms with Crippen LogP contribution in [-0.4, -0.2) is 6.00 Å². The molecule has 0 bridgehead atoms. The third kappa shape index (κ3) is 3.17. The van der Waals surface area contributed by atoms with E-state index in [9.17, 15) is 0 Å². The summed E-state index contributed by atoms with van der Waals surface area (Å²) in [6.07, 6.45) is 0. The van der Waals surface area contributed by atoms with E-state index in [0.29, 0.717) is 0 Å². The molecule has 13 heavy (non-hydrogen) atoms. The molecule has 0 aliphatic rings. The smallest absolute Gasteiger partial charge is 0.125 e. The Labute approximate surface area is 93.9 Å². The summed E-state index contributed by atoms with van der Waals surface area (Å²) in [5, 5.41) is 0. The molecule has 0 N–H and O–H groups in total. The van der Waals surface area contributed by atoms with Crippen molar-refractivity contribution < 1.29 is 0 Å². The maximum atomic E-state index is 5.94. The van der Waals surface area contributed by atoms with Gasteiger partial charge < -0.3 is 0 Å². The Morgan fingerprint density at radius 3 is 2.31 bits per heavy atom. The molecule has 0 nitrogen and oxygen atoms in total.